The average molecular weight is 344 g/mol. The molecule has 1 fully saturated rings. The van der Waals surface area contributed by atoms with Crippen LogP contribution in [0, 0.1) is 0 Å². The molecular formula is C18H24N4O3. The average Bonchev–Trinajstić information content (AvgIpc) is 3.17. The van der Waals surface area contributed by atoms with Crippen LogP contribution >= 0.6 is 0 Å². The Kier molecular flexibility index (Phi) is 5.35. The van der Waals surface area contributed by atoms with E-state index in [-0.39, 0.29) is 12.5 Å². The standard InChI is InChI=1S/C18H24N4O3/c1-18(24,15-5-4-12-25-15)14-20-17(23)13-21-8-10-22(11-9-21)16-6-2-3-7-19-16/h2-7,12,24H,8-11,13-14H2,1H3,(H,20,23). The van der Waals surface area contributed by atoms with Gasteiger partial charge < -0.3 is 19.7 Å². The summed E-state index contributed by atoms with van der Waals surface area (Å²) in [5.74, 6) is 1.32. The third kappa shape index (κ3) is 4.58. The van der Waals surface area contributed by atoms with E-state index in [1.165, 1.54) is 6.26 Å². The highest BCUT2D eigenvalue weighted by Gasteiger charge is 2.27. The molecule has 1 atom stereocenters. The second kappa shape index (κ2) is 7.67. The molecule has 1 amide bonds. The first kappa shape index (κ1) is 17.4. The van der Waals surface area contributed by atoms with Gasteiger partial charge in [-0.05, 0) is 31.2 Å². The van der Waals surface area contributed by atoms with Crippen LogP contribution in [0.3, 0.4) is 0 Å². The van der Waals surface area contributed by atoms with Gasteiger partial charge in [-0.3, -0.25) is 9.69 Å². The van der Waals surface area contributed by atoms with E-state index in [1.807, 2.05) is 18.2 Å². The van der Waals surface area contributed by atoms with Crippen LogP contribution in [0.1, 0.15) is 12.7 Å². The Balaban J connectivity index is 1.42. The molecule has 0 aliphatic carbocycles. The molecule has 1 saturated heterocycles. The number of pyridine rings is 1. The number of nitrogens with zero attached hydrogens (tertiary/aromatic N) is 3. The molecule has 25 heavy (non-hydrogen) atoms. The fourth-order valence-corrected chi connectivity index (χ4v) is 2.88. The first-order valence-corrected chi connectivity index (χ1v) is 8.46. The maximum Gasteiger partial charge on any atom is 0.234 e. The number of carbonyl (C=O) groups is 1. The number of nitrogens with one attached hydrogen (secondary N) is 1. The van der Waals surface area contributed by atoms with Gasteiger partial charge in [-0.2, -0.15) is 0 Å². The Labute approximate surface area is 147 Å². The number of amides is 1. The van der Waals surface area contributed by atoms with Crippen molar-refractivity contribution in [3.63, 3.8) is 0 Å². The van der Waals surface area contributed by atoms with Gasteiger partial charge in [0.15, 0.2) is 0 Å². The Morgan fingerprint density at radius 3 is 2.72 bits per heavy atom. The van der Waals surface area contributed by atoms with Crippen LogP contribution in [0.2, 0.25) is 0 Å². The first-order valence-electron chi connectivity index (χ1n) is 8.46. The van der Waals surface area contributed by atoms with E-state index in [0.29, 0.717) is 12.3 Å². The van der Waals surface area contributed by atoms with Crippen LogP contribution in [0.25, 0.3) is 0 Å². The lowest BCUT2D eigenvalue weighted by molar-refractivity contribution is -0.123. The van der Waals surface area contributed by atoms with E-state index < -0.39 is 5.60 Å². The minimum absolute atomic E-state index is 0.0990. The summed E-state index contributed by atoms with van der Waals surface area (Å²) in [5.41, 5.74) is -1.21. The number of piperazine rings is 1. The maximum atomic E-state index is 12.2. The summed E-state index contributed by atoms with van der Waals surface area (Å²) in [6.07, 6.45) is 3.30. The summed E-state index contributed by atoms with van der Waals surface area (Å²) >= 11 is 0. The molecule has 0 aromatic carbocycles. The van der Waals surface area contributed by atoms with Crippen LogP contribution in [-0.2, 0) is 10.4 Å². The largest absolute Gasteiger partial charge is 0.466 e. The van der Waals surface area contributed by atoms with Crippen LogP contribution in [0.4, 0.5) is 5.82 Å². The van der Waals surface area contributed by atoms with E-state index in [0.717, 1.165) is 32.0 Å². The highest BCUT2D eigenvalue weighted by molar-refractivity contribution is 5.78. The van der Waals surface area contributed by atoms with Crippen LogP contribution in [0.5, 0.6) is 0 Å². The lowest BCUT2D eigenvalue weighted by atomic mass is 10.0. The van der Waals surface area contributed by atoms with Gasteiger partial charge in [-0.15, -0.1) is 0 Å². The summed E-state index contributed by atoms with van der Waals surface area (Å²) in [6.45, 7) is 5.36. The Bertz CT molecular complexity index is 665. The summed E-state index contributed by atoms with van der Waals surface area (Å²) < 4.78 is 5.21. The number of carbonyl (C=O) groups excluding carboxylic acids is 1. The third-order valence-electron chi connectivity index (χ3n) is 4.39. The second-order valence-electron chi connectivity index (χ2n) is 6.48. The molecule has 0 saturated carbocycles. The van der Waals surface area contributed by atoms with Gasteiger partial charge in [0.05, 0.1) is 19.4 Å². The molecule has 1 unspecified atom stereocenters. The van der Waals surface area contributed by atoms with Crippen molar-refractivity contribution in [3.8, 4) is 0 Å². The minimum Gasteiger partial charge on any atom is -0.466 e. The van der Waals surface area contributed by atoms with Crippen LogP contribution < -0.4 is 10.2 Å². The Morgan fingerprint density at radius 1 is 1.28 bits per heavy atom. The quantitative estimate of drug-likeness (QED) is 0.807. The fourth-order valence-electron chi connectivity index (χ4n) is 2.88. The van der Waals surface area contributed by atoms with Crippen molar-refractivity contribution in [2.45, 2.75) is 12.5 Å². The summed E-state index contributed by atoms with van der Waals surface area (Å²) in [6, 6.07) is 9.30. The van der Waals surface area contributed by atoms with Crippen molar-refractivity contribution in [1.82, 2.24) is 15.2 Å². The predicted molar refractivity (Wildman–Crippen MR) is 94.2 cm³/mol. The van der Waals surface area contributed by atoms with Gasteiger partial charge in [-0.25, -0.2) is 4.98 Å². The van der Waals surface area contributed by atoms with Gasteiger partial charge in [0.25, 0.3) is 0 Å². The van der Waals surface area contributed by atoms with Crippen molar-refractivity contribution in [3.05, 3.63) is 48.6 Å². The van der Waals surface area contributed by atoms with Crippen molar-refractivity contribution in [2.75, 3.05) is 44.2 Å². The number of rotatable bonds is 6. The molecule has 1 aliphatic rings. The van der Waals surface area contributed by atoms with E-state index in [4.69, 9.17) is 4.42 Å². The lowest BCUT2D eigenvalue weighted by Gasteiger charge is -2.35. The molecule has 0 radical (unpaired) electrons. The second-order valence-corrected chi connectivity index (χ2v) is 6.48. The number of hydrogen-bond donors (Lipinski definition) is 2. The Morgan fingerprint density at radius 2 is 2.08 bits per heavy atom. The number of hydrogen-bond acceptors (Lipinski definition) is 6. The Hall–Kier alpha value is -2.38. The topological polar surface area (TPSA) is 81.8 Å². The van der Waals surface area contributed by atoms with E-state index in [2.05, 4.69) is 20.1 Å². The zero-order valence-corrected chi connectivity index (χ0v) is 14.4. The van der Waals surface area contributed by atoms with Crippen LogP contribution in [0.15, 0.2) is 47.2 Å². The molecule has 2 aromatic heterocycles. The summed E-state index contributed by atoms with van der Waals surface area (Å²) in [4.78, 5) is 20.8. The monoisotopic (exact) mass is 344 g/mol. The first-order chi connectivity index (χ1) is 12.0. The van der Waals surface area contributed by atoms with Gasteiger partial charge >= 0.3 is 0 Å². The summed E-state index contributed by atoms with van der Waals surface area (Å²) in [7, 11) is 0. The van der Waals surface area contributed by atoms with Gasteiger partial charge in [0.2, 0.25) is 5.91 Å². The number of aliphatic hydroxyl groups is 1. The van der Waals surface area contributed by atoms with Gasteiger partial charge in [0.1, 0.15) is 17.2 Å². The number of aromatic nitrogens is 1. The molecule has 2 N–H and O–H groups in total. The molecular weight excluding hydrogens is 320 g/mol. The predicted octanol–water partition coefficient (Wildman–Crippen LogP) is 0.821. The number of furan rings is 1. The smallest absolute Gasteiger partial charge is 0.234 e. The van der Waals surface area contributed by atoms with E-state index >= 15 is 0 Å². The van der Waals surface area contributed by atoms with Crippen molar-refractivity contribution >= 4 is 11.7 Å². The SMILES string of the molecule is CC(O)(CNC(=O)CN1CCN(c2ccccn2)CC1)c1ccco1. The van der Waals surface area contributed by atoms with E-state index in [1.54, 1.807) is 25.3 Å². The molecule has 2 aromatic rings. The molecule has 134 valence electrons. The van der Waals surface area contributed by atoms with Crippen molar-refractivity contribution in [2.24, 2.45) is 0 Å². The molecule has 1 aliphatic heterocycles. The molecule has 7 nitrogen and oxygen atoms in total. The zero-order valence-electron chi connectivity index (χ0n) is 14.4. The molecule has 0 spiro atoms. The molecule has 7 heteroatoms. The molecule has 3 heterocycles. The highest BCUT2D eigenvalue weighted by Crippen LogP contribution is 2.19. The van der Waals surface area contributed by atoms with E-state index in [9.17, 15) is 9.90 Å². The maximum absolute atomic E-state index is 12.2. The van der Waals surface area contributed by atoms with Crippen molar-refractivity contribution < 1.29 is 14.3 Å². The highest BCUT2D eigenvalue weighted by atomic mass is 16.4. The van der Waals surface area contributed by atoms with Crippen LogP contribution in [-0.4, -0.2) is 60.2 Å². The van der Waals surface area contributed by atoms with Gasteiger partial charge in [-0.1, -0.05) is 6.07 Å². The lowest BCUT2D eigenvalue weighted by Crippen LogP contribution is -2.50. The summed E-state index contributed by atoms with van der Waals surface area (Å²) in [5, 5.41) is 13.1. The zero-order chi connectivity index (χ0) is 17.7. The van der Waals surface area contributed by atoms with Gasteiger partial charge in [0, 0.05) is 32.4 Å². The third-order valence-corrected chi connectivity index (χ3v) is 4.39. The minimum atomic E-state index is -1.21. The molecule has 3 rings (SSSR count). The normalized spacial score (nSPS) is 17.9. The molecule has 0 bridgehead atoms. The number of anilines is 1. The fraction of sp³-hybridized carbons (Fsp3) is 0.444. The van der Waals surface area contributed by atoms with Crippen molar-refractivity contribution in [1.29, 1.82) is 0 Å².